The number of benzene rings is 1. The highest BCUT2D eigenvalue weighted by molar-refractivity contribution is 5.85. The van der Waals surface area contributed by atoms with Gasteiger partial charge in [-0.05, 0) is 50.0 Å². The lowest BCUT2D eigenvalue weighted by Gasteiger charge is -2.15. The molecule has 2 rings (SSSR count). The van der Waals surface area contributed by atoms with E-state index in [1.54, 1.807) is 0 Å². The summed E-state index contributed by atoms with van der Waals surface area (Å²) in [7, 11) is 0. The fourth-order valence-electron chi connectivity index (χ4n) is 2.59. The van der Waals surface area contributed by atoms with Gasteiger partial charge in [-0.1, -0.05) is 24.3 Å². The molecule has 0 saturated carbocycles. The molecule has 1 amide bonds. The second kappa shape index (κ2) is 11.7. The zero-order chi connectivity index (χ0) is 14.2. The first-order valence-electron chi connectivity index (χ1n) is 7.55. The smallest absolute Gasteiger partial charge is 0.220 e. The fraction of sp³-hybridized carbons (Fsp3) is 0.562. The van der Waals surface area contributed by atoms with Crippen molar-refractivity contribution < 1.29 is 4.79 Å². The van der Waals surface area contributed by atoms with Crippen LogP contribution in [0.4, 0.5) is 0 Å². The minimum Gasteiger partial charge on any atom is -0.352 e. The van der Waals surface area contributed by atoms with Crippen LogP contribution in [0.5, 0.6) is 0 Å². The van der Waals surface area contributed by atoms with Gasteiger partial charge in [0.2, 0.25) is 5.91 Å². The molecule has 6 heteroatoms. The van der Waals surface area contributed by atoms with E-state index in [-0.39, 0.29) is 30.7 Å². The molecular weight excluding hydrogens is 321 g/mol. The number of nitrogens with zero attached hydrogens (tertiary/aromatic N) is 1. The van der Waals surface area contributed by atoms with Crippen LogP contribution in [-0.4, -0.2) is 30.4 Å². The minimum absolute atomic E-state index is 0. The molecule has 22 heavy (non-hydrogen) atoms. The monoisotopic (exact) mass is 347 g/mol. The second-order valence-electron chi connectivity index (χ2n) is 5.47. The van der Waals surface area contributed by atoms with E-state index in [0.717, 1.165) is 13.0 Å². The normalized spacial score (nSPS) is 14.0. The first-order chi connectivity index (χ1) is 9.78. The van der Waals surface area contributed by atoms with Crippen molar-refractivity contribution in [3.8, 4) is 0 Å². The van der Waals surface area contributed by atoms with E-state index in [0.29, 0.717) is 19.5 Å². The van der Waals surface area contributed by atoms with E-state index in [1.807, 2.05) is 0 Å². The summed E-state index contributed by atoms with van der Waals surface area (Å²) in [6.45, 7) is 4.62. The summed E-state index contributed by atoms with van der Waals surface area (Å²) >= 11 is 0. The number of hydrogen-bond donors (Lipinski definition) is 2. The molecule has 0 radical (unpaired) electrons. The fourth-order valence-corrected chi connectivity index (χ4v) is 2.59. The maximum Gasteiger partial charge on any atom is 0.220 e. The van der Waals surface area contributed by atoms with Gasteiger partial charge in [-0.3, -0.25) is 9.69 Å². The summed E-state index contributed by atoms with van der Waals surface area (Å²) in [4.78, 5) is 14.0. The van der Waals surface area contributed by atoms with Crippen LogP contribution in [0.15, 0.2) is 24.3 Å². The van der Waals surface area contributed by atoms with E-state index >= 15 is 0 Å². The van der Waals surface area contributed by atoms with Crippen LogP contribution in [0.25, 0.3) is 0 Å². The van der Waals surface area contributed by atoms with Crippen LogP contribution in [0.3, 0.4) is 0 Å². The molecule has 0 spiro atoms. The molecule has 1 aromatic rings. The van der Waals surface area contributed by atoms with Gasteiger partial charge in [0.15, 0.2) is 0 Å². The average molecular weight is 348 g/mol. The molecule has 3 N–H and O–H groups in total. The standard InChI is InChI=1S/C16H25N3O.2ClH/c17-8-4-7-16(20)18-12-14-5-3-6-15(11-14)13-19-9-1-2-10-19;;/h3,5-6,11H,1-2,4,7-10,12-13,17H2,(H,18,20);2*1H. The number of carbonyl (C=O) groups excluding carboxylic acids is 1. The Morgan fingerprint density at radius 2 is 1.86 bits per heavy atom. The Morgan fingerprint density at radius 3 is 2.55 bits per heavy atom. The number of hydrogen-bond acceptors (Lipinski definition) is 3. The van der Waals surface area contributed by atoms with Crippen LogP contribution in [0.1, 0.15) is 36.8 Å². The maximum absolute atomic E-state index is 11.6. The van der Waals surface area contributed by atoms with Gasteiger partial charge in [0, 0.05) is 19.5 Å². The molecule has 1 aliphatic heterocycles. The lowest BCUT2D eigenvalue weighted by Crippen LogP contribution is -2.23. The van der Waals surface area contributed by atoms with Gasteiger partial charge in [-0.25, -0.2) is 0 Å². The number of nitrogens with one attached hydrogen (secondary N) is 1. The Balaban J connectivity index is 0.00000220. The largest absolute Gasteiger partial charge is 0.352 e. The molecule has 1 saturated heterocycles. The number of rotatable bonds is 7. The van der Waals surface area contributed by atoms with Crippen LogP contribution >= 0.6 is 24.8 Å². The summed E-state index contributed by atoms with van der Waals surface area (Å²) in [6, 6.07) is 8.50. The van der Waals surface area contributed by atoms with Crippen LogP contribution < -0.4 is 11.1 Å². The first kappa shape index (κ1) is 21.2. The van der Waals surface area contributed by atoms with Crippen molar-refractivity contribution in [2.24, 2.45) is 5.73 Å². The SMILES string of the molecule is Cl.Cl.NCCCC(=O)NCc1cccc(CN2CCCC2)c1. The van der Waals surface area contributed by atoms with Crippen molar-refractivity contribution in [1.82, 2.24) is 10.2 Å². The molecule has 4 nitrogen and oxygen atoms in total. The molecule has 1 aliphatic rings. The zero-order valence-corrected chi connectivity index (χ0v) is 14.6. The van der Waals surface area contributed by atoms with Gasteiger partial charge in [-0.2, -0.15) is 0 Å². The number of likely N-dealkylation sites (tertiary alicyclic amines) is 1. The Kier molecular flexibility index (Phi) is 11.3. The van der Waals surface area contributed by atoms with Gasteiger partial charge >= 0.3 is 0 Å². The summed E-state index contributed by atoms with van der Waals surface area (Å²) in [6.07, 6.45) is 3.90. The van der Waals surface area contributed by atoms with Crippen LogP contribution in [0, 0.1) is 0 Å². The average Bonchev–Trinajstić information content (AvgIpc) is 2.96. The molecule has 126 valence electrons. The molecule has 1 aromatic carbocycles. The van der Waals surface area contributed by atoms with Crippen molar-refractivity contribution in [2.75, 3.05) is 19.6 Å². The number of amides is 1. The molecule has 1 heterocycles. The second-order valence-corrected chi connectivity index (χ2v) is 5.47. The van der Waals surface area contributed by atoms with E-state index in [4.69, 9.17) is 5.73 Å². The minimum atomic E-state index is 0. The predicted octanol–water partition coefficient (Wildman–Crippen LogP) is 2.48. The van der Waals surface area contributed by atoms with Crippen LogP contribution in [0.2, 0.25) is 0 Å². The summed E-state index contributed by atoms with van der Waals surface area (Å²) in [5.74, 6) is 0.0837. The zero-order valence-electron chi connectivity index (χ0n) is 12.9. The van der Waals surface area contributed by atoms with Gasteiger partial charge in [0.25, 0.3) is 0 Å². The Bertz CT molecular complexity index is 437. The topological polar surface area (TPSA) is 58.4 Å². The van der Waals surface area contributed by atoms with Crippen molar-refractivity contribution in [2.45, 2.75) is 38.8 Å². The number of halogens is 2. The van der Waals surface area contributed by atoms with Gasteiger partial charge in [0.05, 0.1) is 0 Å². The summed E-state index contributed by atoms with van der Waals surface area (Å²) < 4.78 is 0. The van der Waals surface area contributed by atoms with Gasteiger partial charge in [0.1, 0.15) is 0 Å². The number of nitrogens with two attached hydrogens (primary N) is 1. The van der Waals surface area contributed by atoms with E-state index < -0.39 is 0 Å². The lowest BCUT2D eigenvalue weighted by atomic mass is 10.1. The van der Waals surface area contributed by atoms with Crippen molar-refractivity contribution in [3.63, 3.8) is 0 Å². The van der Waals surface area contributed by atoms with E-state index in [1.165, 1.54) is 37.1 Å². The molecule has 1 fully saturated rings. The van der Waals surface area contributed by atoms with E-state index in [2.05, 4.69) is 34.5 Å². The molecular formula is C16H27Cl2N3O. The highest BCUT2D eigenvalue weighted by Crippen LogP contribution is 2.13. The van der Waals surface area contributed by atoms with Crippen molar-refractivity contribution in [3.05, 3.63) is 35.4 Å². The Hall–Kier alpha value is -0.810. The molecule has 0 bridgehead atoms. The third-order valence-electron chi connectivity index (χ3n) is 3.69. The third kappa shape index (κ3) is 7.45. The van der Waals surface area contributed by atoms with Crippen LogP contribution in [-0.2, 0) is 17.9 Å². The summed E-state index contributed by atoms with van der Waals surface area (Å²) in [5, 5.41) is 2.95. The quantitative estimate of drug-likeness (QED) is 0.796. The molecule has 0 unspecified atom stereocenters. The Labute approximate surface area is 145 Å². The van der Waals surface area contributed by atoms with E-state index in [9.17, 15) is 4.79 Å². The van der Waals surface area contributed by atoms with Crippen molar-refractivity contribution in [1.29, 1.82) is 0 Å². The lowest BCUT2D eigenvalue weighted by molar-refractivity contribution is -0.121. The molecule has 0 aromatic heterocycles. The highest BCUT2D eigenvalue weighted by Gasteiger charge is 2.11. The number of carbonyl (C=O) groups is 1. The Morgan fingerprint density at radius 1 is 1.18 bits per heavy atom. The van der Waals surface area contributed by atoms with Gasteiger partial charge < -0.3 is 11.1 Å². The highest BCUT2D eigenvalue weighted by atomic mass is 35.5. The summed E-state index contributed by atoms with van der Waals surface area (Å²) in [5.41, 5.74) is 7.90. The predicted molar refractivity (Wildman–Crippen MR) is 95.6 cm³/mol. The van der Waals surface area contributed by atoms with Crippen molar-refractivity contribution >= 4 is 30.7 Å². The molecule has 0 atom stereocenters. The molecule has 0 aliphatic carbocycles. The van der Waals surface area contributed by atoms with Gasteiger partial charge in [-0.15, -0.1) is 24.8 Å². The third-order valence-corrected chi connectivity index (χ3v) is 3.69. The first-order valence-corrected chi connectivity index (χ1v) is 7.55. The maximum atomic E-state index is 11.6.